The summed E-state index contributed by atoms with van der Waals surface area (Å²) in [5, 5.41) is 0. The van der Waals surface area contributed by atoms with E-state index in [1.54, 1.807) is 0 Å². The minimum Gasteiger partial charge on any atom is -0.494 e. The summed E-state index contributed by atoms with van der Waals surface area (Å²) in [4.78, 5) is 0. The van der Waals surface area contributed by atoms with Crippen LogP contribution < -0.4 is 4.74 Å². The molecule has 0 aliphatic carbocycles. The lowest BCUT2D eigenvalue weighted by atomic mass is 9.94. The van der Waals surface area contributed by atoms with Crippen LogP contribution >= 0.6 is 0 Å². The molecular formula is C48H90O. The molecule has 288 valence electrons. The van der Waals surface area contributed by atoms with Gasteiger partial charge in [0.2, 0.25) is 0 Å². The zero-order valence-corrected chi connectivity index (χ0v) is 34.2. The van der Waals surface area contributed by atoms with Gasteiger partial charge in [0, 0.05) is 0 Å². The molecule has 1 unspecified atom stereocenters. The molecule has 49 heavy (non-hydrogen) atoms. The predicted molar refractivity (Wildman–Crippen MR) is 223 cm³/mol. The Balaban J connectivity index is 1.83. The zero-order valence-electron chi connectivity index (χ0n) is 34.2. The second-order valence-corrected chi connectivity index (χ2v) is 16.1. The van der Waals surface area contributed by atoms with Crippen molar-refractivity contribution >= 4 is 0 Å². The Morgan fingerprint density at radius 1 is 0.347 bits per heavy atom. The van der Waals surface area contributed by atoms with Crippen LogP contribution in [0.3, 0.4) is 0 Å². The summed E-state index contributed by atoms with van der Waals surface area (Å²) in [5.41, 5.74) is 1.48. The van der Waals surface area contributed by atoms with Gasteiger partial charge in [0.05, 0.1) is 6.61 Å². The number of benzene rings is 1. The second-order valence-electron chi connectivity index (χ2n) is 16.1. The lowest BCUT2D eigenvalue weighted by Crippen LogP contribution is -1.98. The summed E-state index contributed by atoms with van der Waals surface area (Å²) in [6.45, 7) is 7.88. The van der Waals surface area contributed by atoms with Crippen molar-refractivity contribution in [3.63, 3.8) is 0 Å². The molecule has 0 bridgehead atoms. The van der Waals surface area contributed by atoms with E-state index < -0.39 is 0 Å². The summed E-state index contributed by atoms with van der Waals surface area (Å²) in [6, 6.07) is 9.03. The number of ether oxygens (including phenoxy) is 1. The molecule has 0 N–H and O–H groups in total. The maximum atomic E-state index is 6.07. The molecule has 0 aliphatic heterocycles. The van der Waals surface area contributed by atoms with Gasteiger partial charge in [0.1, 0.15) is 5.75 Å². The molecule has 1 heteroatoms. The Morgan fingerprint density at radius 3 is 0.918 bits per heavy atom. The van der Waals surface area contributed by atoms with Crippen LogP contribution in [-0.2, 0) is 0 Å². The third-order valence-electron chi connectivity index (χ3n) is 11.2. The Morgan fingerprint density at radius 2 is 0.612 bits per heavy atom. The smallest absolute Gasteiger partial charge is 0.119 e. The summed E-state index contributed by atoms with van der Waals surface area (Å²) in [7, 11) is 0. The van der Waals surface area contributed by atoms with Gasteiger partial charge in [0.25, 0.3) is 0 Å². The largest absolute Gasteiger partial charge is 0.494 e. The number of hydrogen-bond acceptors (Lipinski definition) is 1. The average Bonchev–Trinajstić information content (AvgIpc) is 3.12. The standard InChI is InChI=1S/C48H90O/c1-4-6-8-10-12-14-16-18-20-22-24-26-28-30-32-34-36-38-40-46(3)47-41-43-48(44-42-47)49-45-39-37-35-33-31-29-27-25-23-21-19-17-15-13-11-9-7-5-2/h41-44,46H,4-40,45H2,1-3H3. The van der Waals surface area contributed by atoms with Crippen molar-refractivity contribution in [1.82, 2.24) is 0 Å². The topological polar surface area (TPSA) is 9.23 Å². The summed E-state index contributed by atoms with van der Waals surface area (Å²) in [5.74, 6) is 1.71. The SMILES string of the molecule is CCCCCCCCCCCCCCCCCCCCOc1ccc(C(C)CCCCCCCCCCCCCCCCCCCC)cc1. The van der Waals surface area contributed by atoms with Gasteiger partial charge in [-0.05, 0) is 36.5 Å². The van der Waals surface area contributed by atoms with Gasteiger partial charge in [-0.25, -0.2) is 0 Å². The van der Waals surface area contributed by atoms with Crippen LogP contribution in [-0.4, -0.2) is 6.61 Å². The molecule has 0 saturated carbocycles. The van der Waals surface area contributed by atoms with E-state index in [0.717, 1.165) is 12.4 Å². The van der Waals surface area contributed by atoms with Gasteiger partial charge < -0.3 is 4.74 Å². The first-order chi connectivity index (χ1) is 24.3. The van der Waals surface area contributed by atoms with Crippen LogP contribution in [0.15, 0.2) is 24.3 Å². The van der Waals surface area contributed by atoms with Gasteiger partial charge in [-0.3, -0.25) is 0 Å². The highest BCUT2D eigenvalue weighted by Crippen LogP contribution is 2.25. The Bertz CT molecular complexity index is 738. The predicted octanol–water partition coefficient (Wildman–Crippen LogP) is 17.6. The molecule has 1 aromatic rings. The summed E-state index contributed by atoms with van der Waals surface area (Å²) >= 11 is 0. The van der Waals surface area contributed by atoms with E-state index in [1.807, 2.05) is 0 Å². The highest BCUT2D eigenvalue weighted by molar-refractivity contribution is 5.29. The molecule has 1 atom stereocenters. The van der Waals surface area contributed by atoms with Crippen LogP contribution in [0, 0.1) is 0 Å². The first kappa shape index (κ1) is 46.0. The molecular weight excluding hydrogens is 593 g/mol. The van der Waals surface area contributed by atoms with Crippen LogP contribution in [0.2, 0.25) is 0 Å². The van der Waals surface area contributed by atoms with Crippen molar-refractivity contribution < 1.29 is 4.74 Å². The molecule has 0 amide bonds. The fraction of sp³-hybridized carbons (Fsp3) is 0.875. The number of rotatable bonds is 40. The Kier molecular flexibility index (Phi) is 35.9. The maximum Gasteiger partial charge on any atom is 0.119 e. The van der Waals surface area contributed by atoms with E-state index in [9.17, 15) is 0 Å². The minimum atomic E-state index is 0.657. The molecule has 0 heterocycles. The van der Waals surface area contributed by atoms with Crippen LogP contribution in [0.5, 0.6) is 5.75 Å². The van der Waals surface area contributed by atoms with Gasteiger partial charge in [-0.1, -0.05) is 258 Å². The normalized spacial score (nSPS) is 12.1. The van der Waals surface area contributed by atoms with Crippen molar-refractivity contribution in [2.45, 2.75) is 264 Å². The van der Waals surface area contributed by atoms with Crippen LogP contribution in [0.25, 0.3) is 0 Å². The molecule has 0 radical (unpaired) electrons. The number of unbranched alkanes of at least 4 members (excludes halogenated alkanes) is 34. The van der Waals surface area contributed by atoms with Crippen molar-refractivity contribution in [1.29, 1.82) is 0 Å². The van der Waals surface area contributed by atoms with E-state index in [2.05, 4.69) is 45.0 Å². The van der Waals surface area contributed by atoms with Gasteiger partial charge in [-0.2, -0.15) is 0 Å². The van der Waals surface area contributed by atoms with Crippen molar-refractivity contribution in [2.24, 2.45) is 0 Å². The van der Waals surface area contributed by atoms with Crippen molar-refractivity contribution in [3.05, 3.63) is 29.8 Å². The van der Waals surface area contributed by atoms with E-state index in [1.165, 1.54) is 243 Å². The highest BCUT2D eigenvalue weighted by atomic mass is 16.5. The fourth-order valence-electron chi connectivity index (χ4n) is 7.61. The third kappa shape index (κ3) is 32.7. The van der Waals surface area contributed by atoms with E-state index >= 15 is 0 Å². The molecule has 1 aromatic carbocycles. The lowest BCUT2D eigenvalue weighted by molar-refractivity contribution is 0.304. The molecule has 1 nitrogen and oxygen atoms in total. The molecule has 0 saturated heterocycles. The fourth-order valence-corrected chi connectivity index (χ4v) is 7.61. The van der Waals surface area contributed by atoms with Gasteiger partial charge in [0.15, 0.2) is 0 Å². The van der Waals surface area contributed by atoms with E-state index in [-0.39, 0.29) is 0 Å². The van der Waals surface area contributed by atoms with Crippen molar-refractivity contribution in [2.75, 3.05) is 6.61 Å². The minimum absolute atomic E-state index is 0.657. The first-order valence-electron chi connectivity index (χ1n) is 23.0. The molecule has 0 aromatic heterocycles. The van der Waals surface area contributed by atoms with Crippen LogP contribution in [0.4, 0.5) is 0 Å². The van der Waals surface area contributed by atoms with Gasteiger partial charge >= 0.3 is 0 Å². The molecule has 0 fully saturated rings. The quantitative estimate of drug-likeness (QED) is 0.0626. The first-order valence-corrected chi connectivity index (χ1v) is 23.0. The maximum absolute atomic E-state index is 6.07. The van der Waals surface area contributed by atoms with Gasteiger partial charge in [-0.15, -0.1) is 0 Å². The van der Waals surface area contributed by atoms with E-state index in [0.29, 0.717) is 5.92 Å². The second kappa shape index (κ2) is 38.3. The Hall–Kier alpha value is -0.980. The summed E-state index contributed by atoms with van der Waals surface area (Å²) in [6.07, 6.45) is 53.0. The third-order valence-corrected chi connectivity index (χ3v) is 11.2. The highest BCUT2D eigenvalue weighted by Gasteiger charge is 2.06. The van der Waals surface area contributed by atoms with E-state index in [4.69, 9.17) is 4.74 Å². The monoisotopic (exact) mass is 683 g/mol. The van der Waals surface area contributed by atoms with Crippen LogP contribution in [0.1, 0.15) is 270 Å². The summed E-state index contributed by atoms with van der Waals surface area (Å²) < 4.78 is 6.07. The molecule has 0 spiro atoms. The zero-order chi connectivity index (χ0) is 35.1. The lowest BCUT2D eigenvalue weighted by Gasteiger charge is -2.13. The van der Waals surface area contributed by atoms with Crippen molar-refractivity contribution in [3.8, 4) is 5.75 Å². The molecule has 1 rings (SSSR count). The Labute approximate surface area is 310 Å². The average molecular weight is 683 g/mol. The number of hydrogen-bond donors (Lipinski definition) is 0. The molecule has 0 aliphatic rings.